The number of piperidine rings is 1. The summed E-state index contributed by atoms with van der Waals surface area (Å²) in [7, 11) is 4.24. The summed E-state index contributed by atoms with van der Waals surface area (Å²) < 4.78 is 6.07. The van der Waals surface area contributed by atoms with Crippen molar-refractivity contribution in [3.63, 3.8) is 0 Å². The molecule has 0 amide bonds. The first kappa shape index (κ1) is 14.4. The molecule has 0 radical (unpaired) electrons. The Bertz CT molecular complexity index is 403. The zero-order chi connectivity index (χ0) is 13.7. The van der Waals surface area contributed by atoms with Crippen molar-refractivity contribution in [1.82, 2.24) is 10.2 Å². The molecule has 0 aromatic heterocycles. The summed E-state index contributed by atoms with van der Waals surface area (Å²) in [4.78, 5) is 2.46. The summed E-state index contributed by atoms with van der Waals surface area (Å²) in [6.45, 7) is 5.00. The van der Waals surface area contributed by atoms with E-state index in [9.17, 15) is 0 Å². The molecule has 19 heavy (non-hydrogen) atoms. The summed E-state index contributed by atoms with van der Waals surface area (Å²) in [5, 5.41) is 3.33. The maximum Gasteiger partial charge on any atom is 0.119 e. The van der Waals surface area contributed by atoms with E-state index in [1.807, 2.05) is 13.1 Å². The molecule has 1 heterocycles. The van der Waals surface area contributed by atoms with Crippen molar-refractivity contribution in [3.05, 3.63) is 29.8 Å². The second-order valence-corrected chi connectivity index (χ2v) is 5.74. The molecule has 0 saturated carbocycles. The van der Waals surface area contributed by atoms with Gasteiger partial charge in [-0.25, -0.2) is 0 Å². The van der Waals surface area contributed by atoms with Crippen LogP contribution in [0.15, 0.2) is 24.3 Å². The van der Waals surface area contributed by atoms with Crippen LogP contribution < -0.4 is 10.1 Å². The monoisotopic (exact) mass is 262 g/mol. The van der Waals surface area contributed by atoms with E-state index in [1.54, 1.807) is 0 Å². The number of benzene rings is 1. The van der Waals surface area contributed by atoms with Crippen LogP contribution >= 0.6 is 0 Å². The number of hydrogen-bond donors (Lipinski definition) is 1. The Hall–Kier alpha value is -1.06. The molecule has 1 atom stereocenters. The molecule has 1 aliphatic rings. The van der Waals surface area contributed by atoms with Crippen molar-refractivity contribution in [2.75, 3.05) is 33.8 Å². The molecule has 1 saturated heterocycles. The Morgan fingerprint density at radius 3 is 2.89 bits per heavy atom. The van der Waals surface area contributed by atoms with Crippen molar-refractivity contribution in [1.29, 1.82) is 0 Å². The standard InChI is InChI=1S/C16H26N2O/c1-14-7-6-8-15(11-14)19-13-16(12-17-2)9-4-5-10-18(16)3/h6-8,11,17H,4-5,9-10,12-13H2,1-3H3. The fourth-order valence-electron chi connectivity index (χ4n) is 2.94. The zero-order valence-corrected chi connectivity index (χ0v) is 12.4. The number of aryl methyl sites for hydroxylation is 1. The van der Waals surface area contributed by atoms with Gasteiger partial charge in [0, 0.05) is 6.54 Å². The van der Waals surface area contributed by atoms with Crippen LogP contribution in [0.1, 0.15) is 24.8 Å². The molecule has 2 rings (SSSR count). The topological polar surface area (TPSA) is 24.5 Å². The number of ether oxygens (including phenoxy) is 1. The van der Waals surface area contributed by atoms with Gasteiger partial charge in [-0.15, -0.1) is 0 Å². The number of likely N-dealkylation sites (N-methyl/N-ethyl adjacent to an activating group) is 2. The summed E-state index contributed by atoms with van der Waals surface area (Å²) in [5.74, 6) is 0.981. The van der Waals surface area contributed by atoms with E-state index < -0.39 is 0 Å². The molecular formula is C16H26N2O. The van der Waals surface area contributed by atoms with Crippen LogP contribution in [0, 0.1) is 6.92 Å². The highest BCUT2D eigenvalue weighted by atomic mass is 16.5. The molecule has 106 valence electrons. The van der Waals surface area contributed by atoms with Crippen molar-refractivity contribution in [3.8, 4) is 5.75 Å². The third-order valence-corrected chi connectivity index (χ3v) is 4.20. The molecule has 3 nitrogen and oxygen atoms in total. The van der Waals surface area contributed by atoms with Gasteiger partial charge in [0.25, 0.3) is 0 Å². The van der Waals surface area contributed by atoms with Crippen LogP contribution in [0.25, 0.3) is 0 Å². The SMILES string of the molecule is CNCC1(COc2cccc(C)c2)CCCCN1C. The second kappa shape index (κ2) is 6.40. The van der Waals surface area contributed by atoms with Crippen molar-refractivity contribution in [2.24, 2.45) is 0 Å². The van der Waals surface area contributed by atoms with E-state index in [-0.39, 0.29) is 5.54 Å². The first-order chi connectivity index (χ1) is 9.16. The highest BCUT2D eigenvalue weighted by molar-refractivity contribution is 5.27. The van der Waals surface area contributed by atoms with E-state index in [0.29, 0.717) is 0 Å². The van der Waals surface area contributed by atoms with Crippen LogP contribution in [0.5, 0.6) is 5.75 Å². The van der Waals surface area contributed by atoms with Crippen LogP contribution in [-0.2, 0) is 0 Å². The normalized spacial score (nSPS) is 24.4. The van der Waals surface area contributed by atoms with E-state index in [2.05, 4.69) is 42.4 Å². The first-order valence-electron chi connectivity index (χ1n) is 7.22. The van der Waals surface area contributed by atoms with Crippen LogP contribution in [0.3, 0.4) is 0 Å². The number of rotatable bonds is 5. The van der Waals surface area contributed by atoms with E-state index >= 15 is 0 Å². The lowest BCUT2D eigenvalue weighted by atomic mass is 9.87. The van der Waals surface area contributed by atoms with Crippen molar-refractivity contribution in [2.45, 2.75) is 31.7 Å². The average Bonchev–Trinajstić information content (AvgIpc) is 2.40. The number of hydrogen-bond acceptors (Lipinski definition) is 3. The molecule has 1 fully saturated rings. The van der Waals surface area contributed by atoms with Gasteiger partial charge in [0.05, 0.1) is 5.54 Å². The minimum atomic E-state index is 0.136. The number of nitrogens with one attached hydrogen (secondary N) is 1. The van der Waals surface area contributed by atoms with E-state index in [1.165, 1.54) is 31.4 Å². The minimum absolute atomic E-state index is 0.136. The minimum Gasteiger partial charge on any atom is -0.492 e. The lowest BCUT2D eigenvalue weighted by Gasteiger charge is -2.45. The number of nitrogens with zero attached hydrogens (tertiary/aromatic N) is 1. The highest BCUT2D eigenvalue weighted by Gasteiger charge is 2.36. The Kier molecular flexibility index (Phi) is 4.83. The first-order valence-corrected chi connectivity index (χ1v) is 7.22. The van der Waals surface area contributed by atoms with Gasteiger partial charge in [-0.1, -0.05) is 18.6 Å². The third kappa shape index (κ3) is 3.48. The molecular weight excluding hydrogens is 236 g/mol. The highest BCUT2D eigenvalue weighted by Crippen LogP contribution is 2.27. The summed E-state index contributed by atoms with van der Waals surface area (Å²) in [6.07, 6.45) is 3.80. The molecule has 3 heteroatoms. The fraction of sp³-hybridized carbons (Fsp3) is 0.625. The van der Waals surface area contributed by atoms with E-state index in [0.717, 1.165) is 18.9 Å². The third-order valence-electron chi connectivity index (χ3n) is 4.20. The van der Waals surface area contributed by atoms with Gasteiger partial charge in [0.15, 0.2) is 0 Å². The fourth-order valence-corrected chi connectivity index (χ4v) is 2.94. The van der Waals surface area contributed by atoms with Crippen LogP contribution in [0.4, 0.5) is 0 Å². The second-order valence-electron chi connectivity index (χ2n) is 5.74. The van der Waals surface area contributed by atoms with Crippen molar-refractivity contribution < 1.29 is 4.74 Å². The van der Waals surface area contributed by atoms with Crippen molar-refractivity contribution >= 4 is 0 Å². The largest absolute Gasteiger partial charge is 0.492 e. The van der Waals surface area contributed by atoms with Gasteiger partial charge in [-0.2, -0.15) is 0 Å². The van der Waals surface area contributed by atoms with Gasteiger partial charge >= 0.3 is 0 Å². The summed E-state index contributed by atoms with van der Waals surface area (Å²) in [5.41, 5.74) is 1.38. The number of likely N-dealkylation sites (tertiary alicyclic amines) is 1. The molecule has 0 aliphatic carbocycles. The molecule has 1 N–H and O–H groups in total. The molecule has 1 aromatic carbocycles. The molecule has 1 unspecified atom stereocenters. The predicted molar refractivity (Wildman–Crippen MR) is 79.8 cm³/mol. The Labute approximate surface area is 116 Å². The predicted octanol–water partition coefficient (Wildman–Crippen LogP) is 2.45. The zero-order valence-electron chi connectivity index (χ0n) is 12.4. The van der Waals surface area contributed by atoms with Gasteiger partial charge in [0.1, 0.15) is 12.4 Å². The van der Waals surface area contributed by atoms with Gasteiger partial charge in [0.2, 0.25) is 0 Å². The smallest absolute Gasteiger partial charge is 0.119 e. The van der Waals surface area contributed by atoms with Gasteiger partial charge < -0.3 is 10.1 Å². The molecule has 1 aromatic rings. The maximum absolute atomic E-state index is 6.07. The average molecular weight is 262 g/mol. The van der Waals surface area contributed by atoms with Crippen LogP contribution in [-0.4, -0.2) is 44.2 Å². The Morgan fingerprint density at radius 1 is 1.37 bits per heavy atom. The van der Waals surface area contributed by atoms with Crippen LogP contribution in [0.2, 0.25) is 0 Å². The Morgan fingerprint density at radius 2 is 2.21 bits per heavy atom. The maximum atomic E-state index is 6.07. The lowest BCUT2D eigenvalue weighted by molar-refractivity contribution is 0.0287. The molecule has 0 bridgehead atoms. The summed E-state index contributed by atoms with van der Waals surface area (Å²) in [6, 6.07) is 8.31. The van der Waals surface area contributed by atoms with Gasteiger partial charge in [-0.3, -0.25) is 4.90 Å². The van der Waals surface area contributed by atoms with Gasteiger partial charge in [-0.05, 0) is 58.1 Å². The molecule has 1 aliphatic heterocycles. The van der Waals surface area contributed by atoms with E-state index in [4.69, 9.17) is 4.74 Å². The molecule has 0 spiro atoms. The summed E-state index contributed by atoms with van der Waals surface area (Å²) >= 11 is 0. The quantitative estimate of drug-likeness (QED) is 0.882. The Balaban J connectivity index is 2.04. The lowest BCUT2D eigenvalue weighted by Crippen LogP contribution is -2.58.